The molecule has 2 heterocycles. The van der Waals surface area contributed by atoms with Gasteiger partial charge < -0.3 is 19.7 Å². The number of halogens is 1. The number of hydrogen-bond donors (Lipinski definition) is 1. The summed E-state index contributed by atoms with van der Waals surface area (Å²) in [5.74, 6) is 0.199. The van der Waals surface area contributed by atoms with Crippen molar-refractivity contribution in [3.05, 3.63) is 0 Å². The van der Waals surface area contributed by atoms with Gasteiger partial charge in [0.25, 0.3) is 0 Å². The first-order valence-corrected chi connectivity index (χ1v) is 6.31. The third kappa shape index (κ3) is 3.82. The van der Waals surface area contributed by atoms with E-state index in [1.165, 1.54) is 0 Å². The highest BCUT2D eigenvalue weighted by atomic mass is 35.5. The Kier molecular flexibility index (Phi) is 6.35. The summed E-state index contributed by atoms with van der Waals surface area (Å²) in [6.45, 7) is 5.23. The summed E-state index contributed by atoms with van der Waals surface area (Å²) < 4.78 is 10.4. The van der Waals surface area contributed by atoms with Gasteiger partial charge in [-0.3, -0.25) is 4.79 Å². The number of amides is 1. The fourth-order valence-electron chi connectivity index (χ4n) is 2.60. The van der Waals surface area contributed by atoms with E-state index in [1.807, 2.05) is 4.90 Å². The molecular weight excluding hydrogens is 256 g/mol. The van der Waals surface area contributed by atoms with Crippen LogP contribution < -0.4 is 5.32 Å². The molecule has 0 aromatic heterocycles. The molecule has 2 aliphatic heterocycles. The number of rotatable bonds is 5. The van der Waals surface area contributed by atoms with Gasteiger partial charge in [-0.1, -0.05) is 0 Å². The van der Waals surface area contributed by atoms with Crippen LogP contribution in [0.4, 0.5) is 0 Å². The fourth-order valence-corrected chi connectivity index (χ4v) is 2.60. The first-order valence-electron chi connectivity index (χ1n) is 6.31. The Morgan fingerprint density at radius 3 is 3.00 bits per heavy atom. The van der Waals surface area contributed by atoms with E-state index >= 15 is 0 Å². The second-order valence-electron chi connectivity index (χ2n) is 5.04. The van der Waals surface area contributed by atoms with Crippen molar-refractivity contribution in [3.8, 4) is 0 Å². The van der Waals surface area contributed by atoms with Gasteiger partial charge in [-0.2, -0.15) is 0 Å². The molecule has 2 saturated heterocycles. The number of ether oxygens (including phenoxy) is 2. The molecule has 1 N–H and O–H groups in total. The predicted molar refractivity (Wildman–Crippen MR) is 71.1 cm³/mol. The largest absolute Gasteiger partial charge is 0.383 e. The topological polar surface area (TPSA) is 50.8 Å². The van der Waals surface area contributed by atoms with Crippen LogP contribution >= 0.6 is 12.4 Å². The number of likely N-dealkylation sites (tertiary alicyclic amines) is 1. The molecule has 1 atom stereocenters. The molecule has 0 radical (unpaired) electrons. The molecule has 2 fully saturated rings. The number of nitrogens with zero attached hydrogens (tertiary/aromatic N) is 1. The Bertz CT molecular complexity index is 270. The molecule has 1 spiro atoms. The summed E-state index contributed by atoms with van der Waals surface area (Å²) in [6.07, 6.45) is 2.20. The van der Waals surface area contributed by atoms with Gasteiger partial charge in [0.2, 0.25) is 5.91 Å². The van der Waals surface area contributed by atoms with E-state index in [2.05, 4.69) is 5.32 Å². The van der Waals surface area contributed by atoms with Gasteiger partial charge in [-0.25, -0.2) is 0 Å². The Hall–Kier alpha value is -0.360. The molecule has 0 saturated carbocycles. The number of carbonyl (C=O) groups excluding carboxylic acids is 1. The van der Waals surface area contributed by atoms with E-state index < -0.39 is 0 Å². The SMILES string of the molecule is COCCNCC(=O)N1CCC2(CCOC2)C1.Cl. The van der Waals surface area contributed by atoms with Crippen LogP contribution in [0.15, 0.2) is 0 Å². The first-order chi connectivity index (χ1) is 8.26. The quantitative estimate of drug-likeness (QED) is 0.734. The van der Waals surface area contributed by atoms with Crippen LogP contribution in [0.25, 0.3) is 0 Å². The van der Waals surface area contributed by atoms with E-state index in [0.717, 1.165) is 45.7 Å². The summed E-state index contributed by atoms with van der Waals surface area (Å²) >= 11 is 0. The maximum Gasteiger partial charge on any atom is 0.236 e. The van der Waals surface area contributed by atoms with E-state index in [9.17, 15) is 4.79 Å². The first kappa shape index (κ1) is 15.7. The standard InChI is InChI=1S/C12H22N2O3.ClH/c1-16-7-4-13-8-11(15)14-5-2-12(9-14)3-6-17-10-12;/h13H,2-10H2,1H3;1H. The van der Waals surface area contributed by atoms with Gasteiger partial charge in [-0.05, 0) is 12.8 Å². The lowest BCUT2D eigenvalue weighted by Crippen LogP contribution is -2.39. The third-order valence-corrected chi connectivity index (χ3v) is 3.74. The number of nitrogens with one attached hydrogen (secondary N) is 1. The second-order valence-corrected chi connectivity index (χ2v) is 5.04. The normalized spacial score (nSPS) is 26.6. The highest BCUT2D eigenvalue weighted by Crippen LogP contribution is 2.37. The smallest absolute Gasteiger partial charge is 0.236 e. The van der Waals surface area contributed by atoms with Crippen LogP contribution in [0.1, 0.15) is 12.8 Å². The highest BCUT2D eigenvalue weighted by Gasteiger charge is 2.42. The molecule has 2 aliphatic rings. The molecule has 5 nitrogen and oxygen atoms in total. The van der Waals surface area contributed by atoms with Gasteiger partial charge in [0, 0.05) is 38.8 Å². The zero-order chi connectivity index (χ0) is 12.1. The summed E-state index contributed by atoms with van der Waals surface area (Å²) in [5.41, 5.74) is 0.266. The van der Waals surface area contributed by atoms with Crippen molar-refractivity contribution < 1.29 is 14.3 Å². The van der Waals surface area contributed by atoms with Crippen LogP contribution in [0.2, 0.25) is 0 Å². The van der Waals surface area contributed by atoms with Crippen LogP contribution in [0.5, 0.6) is 0 Å². The molecule has 0 aliphatic carbocycles. The lowest BCUT2D eigenvalue weighted by molar-refractivity contribution is -0.129. The number of carbonyl (C=O) groups is 1. The molecule has 0 bridgehead atoms. The minimum atomic E-state index is 0. The van der Waals surface area contributed by atoms with Gasteiger partial charge in [-0.15, -0.1) is 12.4 Å². The van der Waals surface area contributed by atoms with Gasteiger partial charge in [0.1, 0.15) is 0 Å². The number of hydrogen-bond acceptors (Lipinski definition) is 4. The van der Waals surface area contributed by atoms with E-state index in [0.29, 0.717) is 13.2 Å². The Morgan fingerprint density at radius 2 is 2.33 bits per heavy atom. The van der Waals surface area contributed by atoms with Crippen molar-refractivity contribution in [1.82, 2.24) is 10.2 Å². The molecule has 106 valence electrons. The number of methoxy groups -OCH3 is 1. The molecule has 2 rings (SSSR count). The maximum absolute atomic E-state index is 11.9. The Labute approximate surface area is 115 Å². The Morgan fingerprint density at radius 1 is 1.50 bits per heavy atom. The van der Waals surface area contributed by atoms with Crippen LogP contribution in [0.3, 0.4) is 0 Å². The molecule has 18 heavy (non-hydrogen) atoms. The summed E-state index contributed by atoms with van der Waals surface area (Å²) in [4.78, 5) is 13.9. The monoisotopic (exact) mass is 278 g/mol. The van der Waals surface area contributed by atoms with Crippen molar-refractivity contribution in [2.75, 3.05) is 53.1 Å². The second kappa shape index (κ2) is 7.28. The zero-order valence-corrected chi connectivity index (χ0v) is 11.8. The highest BCUT2D eigenvalue weighted by molar-refractivity contribution is 5.85. The van der Waals surface area contributed by atoms with Gasteiger partial charge in [0.05, 0.1) is 19.8 Å². The van der Waals surface area contributed by atoms with Crippen LogP contribution in [-0.4, -0.2) is 63.9 Å². The lowest BCUT2D eigenvalue weighted by atomic mass is 9.87. The minimum absolute atomic E-state index is 0. The molecule has 0 aromatic rings. The van der Waals surface area contributed by atoms with Crippen molar-refractivity contribution >= 4 is 18.3 Å². The van der Waals surface area contributed by atoms with Gasteiger partial charge in [0.15, 0.2) is 0 Å². The van der Waals surface area contributed by atoms with E-state index in [-0.39, 0.29) is 23.7 Å². The summed E-state index contributed by atoms with van der Waals surface area (Å²) in [6, 6.07) is 0. The summed E-state index contributed by atoms with van der Waals surface area (Å²) in [7, 11) is 1.66. The summed E-state index contributed by atoms with van der Waals surface area (Å²) in [5, 5.41) is 3.09. The maximum atomic E-state index is 11.9. The molecule has 6 heteroatoms. The van der Waals surface area contributed by atoms with Gasteiger partial charge >= 0.3 is 0 Å². The van der Waals surface area contributed by atoms with Crippen molar-refractivity contribution in [3.63, 3.8) is 0 Å². The van der Waals surface area contributed by atoms with E-state index in [4.69, 9.17) is 9.47 Å². The van der Waals surface area contributed by atoms with Crippen molar-refractivity contribution in [1.29, 1.82) is 0 Å². The average Bonchev–Trinajstić information content (AvgIpc) is 2.96. The van der Waals surface area contributed by atoms with Crippen molar-refractivity contribution in [2.45, 2.75) is 12.8 Å². The third-order valence-electron chi connectivity index (χ3n) is 3.74. The molecule has 0 aromatic carbocycles. The van der Waals surface area contributed by atoms with Crippen LogP contribution in [0, 0.1) is 5.41 Å². The lowest BCUT2D eigenvalue weighted by Gasteiger charge is -2.22. The Balaban J connectivity index is 0.00000162. The minimum Gasteiger partial charge on any atom is -0.383 e. The van der Waals surface area contributed by atoms with Crippen LogP contribution in [-0.2, 0) is 14.3 Å². The fraction of sp³-hybridized carbons (Fsp3) is 0.917. The van der Waals surface area contributed by atoms with Crippen molar-refractivity contribution in [2.24, 2.45) is 5.41 Å². The molecule has 1 unspecified atom stereocenters. The zero-order valence-electron chi connectivity index (χ0n) is 10.9. The molecular formula is C12H23ClN2O3. The molecule has 1 amide bonds. The average molecular weight is 279 g/mol. The predicted octanol–water partition coefficient (Wildman–Crippen LogP) is 0.283. The van der Waals surface area contributed by atoms with E-state index in [1.54, 1.807) is 7.11 Å².